The van der Waals surface area contributed by atoms with Crippen LogP contribution in [0.25, 0.3) is 0 Å². The molecule has 0 rings (SSSR count). The molecule has 0 radical (unpaired) electrons. The van der Waals surface area contributed by atoms with Crippen molar-refractivity contribution in [3.63, 3.8) is 0 Å². The molecule has 0 saturated heterocycles. The Kier molecular flexibility index (Phi) is 332. The third kappa shape index (κ3) is 3570. The summed E-state index contributed by atoms with van der Waals surface area (Å²) in [5, 5.41) is 150. The van der Waals surface area contributed by atoms with E-state index in [9.17, 15) is 0 Å². The molecular weight excluding hydrogens is 1070 g/mol. The van der Waals surface area contributed by atoms with Crippen LogP contribution in [0.3, 0.4) is 0 Å². The third-order valence-electron chi connectivity index (χ3n) is 0. The van der Waals surface area contributed by atoms with Crippen molar-refractivity contribution >= 4 is 514 Å². The van der Waals surface area contributed by atoms with Crippen LogP contribution in [0, 0.1) is 111 Å². The molecule has 0 atom stereocenters. The first kappa shape index (κ1) is 137. The molecule has 0 aromatic carbocycles. The topological polar surface area (TPSA) is 697 Å². The average Bonchev–Trinajstić information content (AvgIpc) is 2.55. The van der Waals surface area contributed by atoms with Crippen molar-refractivity contribution in [3.05, 3.63) is 111 Å². The molecule has 0 aliphatic carbocycles. The molecule has 0 saturated carbocycles. The van der Waals surface area contributed by atoms with Gasteiger partial charge in [0.05, 0.1) is 0 Å². The summed E-state index contributed by atoms with van der Waals surface area (Å²) in [6.45, 7) is 0. The van der Waals surface area contributed by atoms with Gasteiger partial charge in [0.25, 0.3) is 56.0 Å². The van der Waals surface area contributed by atoms with Crippen LogP contribution in [0.4, 0.5) is 0 Å². The monoisotopic (exact) mass is 1090 g/mol. The van der Waals surface area contributed by atoms with E-state index in [-0.39, 0.29) is 514 Å². The van der Waals surface area contributed by atoms with Gasteiger partial charge >= 0.3 is 514 Å². The fourth-order valence-corrected chi connectivity index (χ4v) is 0. The van der Waals surface area contributed by atoms with Crippen molar-refractivity contribution in [2.75, 3.05) is 0 Å². The third-order valence-corrected chi connectivity index (χ3v) is 0. The summed E-state index contributed by atoms with van der Waals surface area (Å²) in [5.74, 6) is 0. The summed E-state index contributed by atoms with van der Waals surface area (Å²) >= 11 is 0. The van der Waals surface area contributed by atoms with Crippen LogP contribution < -0.4 is 0 Å². The van der Waals surface area contributed by atoms with E-state index in [0.29, 0.717) is 0 Å². The number of rotatable bonds is 0. The van der Waals surface area contributed by atoms with Gasteiger partial charge < -0.3 is 57.3 Å². The Morgan fingerprint density at radius 1 is 0.167 bits per heavy atom. The predicted molar refractivity (Wildman–Crippen MR) is 168 cm³/mol. The van der Waals surface area contributed by atoms with Crippen LogP contribution in [-0.2, 0) is 0 Å². The number of hydrogen-bond donors (Lipinski definition) is 11. The van der Waals surface area contributed by atoms with Crippen LogP contribution >= 0.6 is 0 Å². The van der Waals surface area contributed by atoms with E-state index < -0.39 is 56.0 Å². The first-order valence-corrected chi connectivity index (χ1v) is 6.22. The Morgan fingerprint density at radius 3 is 0.167 bits per heavy atom. The molecule has 0 aromatic heterocycles. The maximum atomic E-state index is 8.36. The van der Waals surface area contributed by atoms with Crippen molar-refractivity contribution in [1.29, 1.82) is 0 Å². The summed E-state index contributed by atoms with van der Waals surface area (Å²) in [4.78, 5) is 92.0. The van der Waals surface area contributed by atoms with E-state index in [1.54, 1.807) is 0 Å². The van der Waals surface area contributed by atoms with Crippen LogP contribution in [0.2, 0.25) is 0 Å². The second-order valence-corrected chi connectivity index (χ2v) is 2.62. The summed E-state index contributed by atoms with van der Waals surface area (Å²) in [7, 11) is 0. The number of nitrogens with zero attached hydrogens (tertiary/aromatic N) is 11. The van der Waals surface area contributed by atoms with Gasteiger partial charge in [-0.05, 0) is 0 Å². The SMILES string of the molecule is O=[N+]([O-])O.O=[N+]([O-])O.O=[N+]([O-])O.O=[N+]([O-])O.O=[N+]([O-])O.O=[N+]([O-])O.O=[N+]([O-])O.O=[N+]([O-])O.O=[N+]([O-])O.O=[N+]([O-])O.O=[N+]([O-])O.[KH].[KH].[KH].[KH].[KH].[KH].[KH].[KH].[KH].[KH]. The van der Waals surface area contributed by atoms with Gasteiger partial charge in [-0.25, -0.2) is 0 Å². The quantitative estimate of drug-likeness (QED) is 0.0609. The van der Waals surface area contributed by atoms with Crippen LogP contribution in [0.15, 0.2) is 0 Å². The van der Waals surface area contributed by atoms with Gasteiger partial charge in [-0.15, -0.1) is 111 Å². The van der Waals surface area contributed by atoms with Gasteiger partial charge in [-0.3, -0.25) is 0 Å². The van der Waals surface area contributed by atoms with Crippen LogP contribution in [-0.4, -0.2) is 627 Å². The molecule has 54 heavy (non-hydrogen) atoms. The zero-order valence-corrected chi connectivity index (χ0v) is 18.8. The molecule has 0 heterocycles. The second kappa shape index (κ2) is 131. The Labute approximate surface area is 715 Å². The summed E-state index contributed by atoms with van der Waals surface area (Å²) < 4.78 is 0. The first-order chi connectivity index (χ1) is 19.1. The molecular formula is H21K10N11O33. The molecule has 284 valence electrons. The second-order valence-electron chi connectivity index (χ2n) is 2.62. The van der Waals surface area contributed by atoms with Crippen molar-refractivity contribution < 1.29 is 113 Å². The van der Waals surface area contributed by atoms with Crippen LogP contribution in [0.5, 0.6) is 0 Å². The fourth-order valence-electron chi connectivity index (χ4n) is 0. The first-order valence-electron chi connectivity index (χ1n) is 6.22. The van der Waals surface area contributed by atoms with E-state index in [2.05, 4.69) is 0 Å². The zero-order valence-electron chi connectivity index (χ0n) is 18.8. The van der Waals surface area contributed by atoms with Gasteiger partial charge in [0.15, 0.2) is 0 Å². The Bertz CT molecular complexity index is 555. The normalized spacial score (nSPS) is 4.89. The maximum absolute atomic E-state index is 8.36. The Balaban J connectivity index is -0.0000000115. The molecule has 0 fully saturated rings. The van der Waals surface area contributed by atoms with Crippen LogP contribution in [0.1, 0.15) is 0 Å². The molecule has 54 heteroatoms. The summed E-state index contributed by atoms with van der Waals surface area (Å²) in [6.07, 6.45) is 0. The van der Waals surface area contributed by atoms with E-state index in [1.807, 2.05) is 0 Å². The molecule has 44 nitrogen and oxygen atoms in total. The van der Waals surface area contributed by atoms with E-state index in [0.717, 1.165) is 0 Å². The van der Waals surface area contributed by atoms with Gasteiger partial charge in [-0.2, -0.15) is 0 Å². The molecule has 0 aromatic rings. The average molecular weight is 1090 g/mol. The van der Waals surface area contributed by atoms with Crippen molar-refractivity contribution in [2.24, 2.45) is 0 Å². The molecule has 0 amide bonds. The van der Waals surface area contributed by atoms with Crippen molar-refractivity contribution in [1.82, 2.24) is 0 Å². The van der Waals surface area contributed by atoms with Gasteiger partial charge in [-0.1, -0.05) is 0 Å². The molecule has 0 aliphatic heterocycles. The van der Waals surface area contributed by atoms with Gasteiger partial charge in [0.1, 0.15) is 0 Å². The van der Waals surface area contributed by atoms with Gasteiger partial charge in [0.2, 0.25) is 0 Å². The predicted octanol–water partition coefficient (Wildman–Crippen LogP) is -10.3. The fraction of sp³-hybridized carbons (Fsp3) is 0. The minimum atomic E-state index is -1.50. The Morgan fingerprint density at radius 2 is 0.167 bits per heavy atom. The van der Waals surface area contributed by atoms with E-state index in [1.165, 1.54) is 0 Å². The molecule has 0 bridgehead atoms. The molecule has 0 aliphatic rings. The van der Waals surface area contributed by atoms with Gasteiger partial charge in [0, 0.05) is 0 Å². The van der Waals surface area contributed by atoms with Crippen molar-refractivity contribution in [3.8, 4) is 0 Å². The summed E-state index contributed by atoms with van der Waals surface area (Å²) in [5.41, 5.74) is 0. The standard InChI is InChI=1S/10K.11HNO3.10H/c;;;;;;;;;;11*2-1(3)4;;;;;;;;;;/h;;;;;;;;;;11*(H,2,3,4);;;;;;;;;;. The minimum absolute atomic E-state index is 0. The Hall–Kier alpha value is 7.56. The van der Waals surface area contributed by atoms with E-state index in [4.69, 9.17) is 169 Å². The van der Waals surface area contributed by atoms with E-state index >= 15 is 0 Å². The molecule has 0 spiro atoms. The zero-order chi connectivity index (χ0) is 39.4. The number of hydrogen-bond acceptors (Lipinski definition) is 22. The molecule has 11 N–H and O–H groups in total. The van der Waals surface area contributed by atoms with Crippen molar-refractivity contribution in [2.45, 2.75) is 0 Å². The summed E-state index contributed by atoms with van der Waals surface area (Å²) in [6, 6.07) is 0. The molecule has 0 unspecified atom stereocenters.